The molecular weight excluding hydrogens is 368 g/mol. The quantitative estimate of drug-likeness (QED) is 0.595. The Labute approximate surface area is 168 Å². The summed E-state index contributed by atoms with van der Waals surface area (Å²) in [6.07, 6.45) is -0.677. The topological polar surface area (TPSA) is 111 Å². The summed E-state index contributed by atoms with van der Waals surface area (Å²) in [5, 5.41) is 29.1. The molecule has 0 saturated heterocycles. The van der Waals surface area contributed by atoms with Gasteiger partial charge in [0.05, 0.1) is 11.9 Å². The minimum absolute atomic E-state index is 0.0441. The van der Waals surface area contributed by atoms with Crippen LogP contribution in [-0.2, 0) is 4.79 Å². The lowest BCUT2D eigenvalue weighted by atomic mass is 9.91. The number of nitriles is 1. The van der Waals surface area contributed by atoms with Gasteiger partial charge in [-0.25, -0.2) is 4.98 Å². The molecule has 0 fully saturated rings. The van der Waals surface area contributed by atoms with Crippen LogP contribution in [0.5, 0.6) is 5.75 Å². The Bertz CT molecular complexity index is 1160. The van der Waals surface area contributed by atoms with E-state index in [1.165, 1.54) is 0 Å². The number of rotatable bonds is 6. The molecule has 0 amide bonds. The van der Waals surface area contributed by atoms with Crippen LogP contribution in [0.4, 0.5) is 0 Å². The van der Waals surface area contributed by atoms with Crippen molar-refractivity contribution in [2.45, 2.75) is 32.6 Å². The molecule has 1 heterocycles. The number of hydrogen-bond acceptors (Lipinski definition) is 5. The minimum Gasteiger partial charge on any atom is -0.504 e. The Kier molecular flexibility index (Phi) is 5.60. The second kappa shape index (κ2) is 8.11. The molecule has 0 aliphatic carbocycles. The molecule has 3 rings (SSSR count). The Hall–Kier alpha value is -3.72. The number of benzene rings is 2. The van der Waals surface area contributed by atoms with Gasteiger partial charge in [-0.05, 0) is 28.7 Å². The highest BCUT2D eigenvalue weighted by atomic mass is 16.4. The zero-order chi connectivity index (χ0) is 21.1. The number of nitrogens with zero attached hydrogens (tertiary/aromatic N) is 2. The molecule has 0 saturated carbocycles. The summed E-state index contributed by atoms with van der Waals surface area (Å²) in [4.78, 5) is 27.4. The normalized spacial score (nSPS) is 10.8. The Morgan fingerprint density at radius 2 is 1.86 bits per heavy atom. The number of aromatic hydroxyl groups is 1. The van der Waals surface area contributed by atoms with Gasteiger partial charge in [-0.1, -0.05) is 50.2 Å². The summed E-state index contributed by atoms with van der Waals surface area (Å²) in [5.41, 5.74) is 3.14. The van der Waals surface area contributed by atoms with Crippen LogP contribution in [0.25, 0.3) is 22.0 Å². The monoisotopic (exact) mass is 388 g/mol. The average Bonchev–Trinajstić information content (AvgIpc) is 2.71. The molecule has 29 heavy (non-hydrogen) atoms. The molecule has 0 bridgehead atoms. The van der Waals surface area contributed by atoms with Crippen LogP contribution in [-0.4, -0.2) is 26.9 Å². The van der Waals surface area contributed by atoms with E-state index >= 15 is 0 Å². The van der Waals surface area contributed by atoms with E-state index in [4.69, 9.17) is 5.11 Å². The predicted octanol–water partition coefficient (Wildman–Crippen LogP) is 4.65. The number of carbonyl (C=O) groups excluding carboxylic acids is 1. The lowest BCUT2D eigenvalue weighted by Gasteiger charge is -2.14. The van der Waals surface area contributed by atoms with Gasteiger partial charge in [0.15, 0.2) is 11.5 Å². The Morgan fingerprint density at radius 3 is 2.52 bits per heavy atom. The zero-order valence-electron chi connectivity index (χ0n) is 16.1. The van der Waals surface area contributed by atoms with E-state index in [1.807, 2.05) is 30.3 Å². The molecule has 0 atom stereocenters. The van der Waals surface area contributed by atoms with Crippen molar-refractivity contribution in [3.63, 3.8) is 0 Å². The highest BCUT2D eigenvalue weighted by molar-refractivity contribution is 6.03. The number of aliphatic carboxylic acids is 1. The van der Waals surface area contributed by atoms with Crippen LogP contribution >= 0.6 is 0 Å². The summed E-state index contributed by atoms with van der Waals surface area (Å²) < 4.78 is 0. The maximum Gasteiger partial charge on any atom is 0.303 e. The number of carboxylic acids is 1. The van der Waals surface area contributed by atoms with Crippen molar-refractivity contribution >= 4 is 22.7 Å². The van der Waals surface area contributed by atoms with Gasteiger partial charge in [-0.3, -0.25) is 9.59 Å². The van der Waals surface area contributed by atoms with Crippen LogP contribution in [0.1, 0.15) is 54.2 Å². The van der Waals surface area contributed by atoms with Crippen molar-refractivity contribution in [3.05, 3.63) is 59.3 Å². The van der Waals surface area contributed by atoms with Crippen molar-refractivity contribution in [2.24, 2.45) is 0 Å². The molecule has 0 radical (unpaired) electrons. The molecule has 1 aromatic heterocycles. The van der Waals surface area contributed by atoms with Gasteiger partial charge < -0.3 is 10.2 Å². The van der Waals surface area contributed by atoms with Crippen molar-refractivity contribution in [1.82, 2.24) is 4.98 Å². The number of carbonyl (C=O) groups is 2. The maximum absolute atomic E-state index is 12.4. The summed E-state index contributed by atoms with van der Waals surface area (Å²) in [6, 6.07) is 15.2. The van der Waals surface area contributed by atoms with Crippen molar-refractivity contribution in [3.8, 4) is 22.9 Å². The number of carboxylic acid groups (broad SMARTS) is 1. The number of hydrogen-bond donors (Lipinski definition) is 2. The van der Waals surface area contributed by atoms with Gasteiger partial charge >= 0.3 is 5.97 Å². The SMILES string of the molecule is CC(C)c1ccccc1-c1ccc2c(C#N)c(O)c(C(=O)CCC(=O)O)nc2c1. The van der Waals surface area contributed by atoms with Gasteiger partial charge in [-0.15, -0.1) is 0 Å². The molecule has 0 unspecified atom stereocenters. The van der Waals surface area contributed by atoms with E-state index in [-0.39, 0.29) is 24.1 Å². The second-order valence-electron chi connectivity index (χ2n) is 7.09. The Balaban J connectivity index is 2.18. The zero-order valence-corrected chi connectivity index (χ0v) is 16.1. The van der Waals surface area contributed by atoms with E-state index in [2.05, 4.69) is 24.9 Å². The van der Waals surface area contributed by atoms with Crippen LogP contribution < -0.4 is 0 Å². The number of Topliss-reactive ketones (excluding diaryl/α,β-unsaturated/α-hetero) is 1. The van der Waals surface area contributed by atoms with Crippen molar-refractivity contribution in [2.75, 3.05) is 0 Å². The first-order valence-corrected chi connectivity index (χ1v) is 9.24. The lowest BCUT2D eigenvalue weighted by molar-refractivity contribution is -0.136. The molecule has 146 valence electrons. The summed E-state index contributed by atoms with van der Waals surface area (Å²) >= 11 is 0. The molecular formula is C23H20N2O4. The van der Waals surface area contributed by atoms with Gasteiger partial charge in [0, 0.05) is 11.8 Å². The maximum atomic E-state index is 12.4. The minimum atomic E-state index is -1.12. The third-order valence-electron chi connectivity index (χ3n) is 4.80. The molecule has 0 aliphatic rings. The van der Waals surface area contributed by atoms with Gasteiger partial charge in [-0.2, -0.15) is 5.26 Å². The first-order chi connectivity index (χ1) is 13.8. The van der Waals surface area contributed by atoms with Crippen LogP contribution in [0.15, 0.2) is 42.5 Å². The molecule has 2 N–H and O–H groups in total. The number of ketones is 1. The second-order valence-corrected chi connectivity index (χ2v) is 7.09. The highest BCUT2D eigenvalue weighted by Gasteiger charge is 2.21. The fraction of sp³-hybridized carbons (Fsp3) is 0.217. The van der Waals surface area contributed by atoms with Gasteiger partial charge in [0.25, 0.3) is 0 Å². The molecule has 6 nitrogen and oxygen atoms in total. The van der Waals surface area contributed by atoms with E-state index in [1.54, 1.807) is 12.1 Å². The highest BCUT2D eigenvalue weighted by Crippen LogP contribution is 2.34. The van der Waals surface area contributed by atoms with E-state index in [0.717, 1.165) is 16.7 Å². The van der Waals surface area contributed by atoms with Crippen LogP contribution in [0, 0.1) is 11.3 Å². The summed E-state index contributed by atoms with van der Waals surface area (Å²) in [5.74, 6) is -1.94. The lowest BCUT2D eigenvalue weighted by Crippen LogP contribution is -2.07. The van der Waals surface area contributed by atoms with E-state index < -0.39 is 17.5 Å². The molecule has 6 heteroatoms. The molecule has 0 aliphatic heterocycles. The molecule has 3 aromatic rings. The van der Waals surface area contributed by atoms with Crippen molar-refractivity contribution in [1.29, 1.82) is 5.26 Å². The Morgan fingerprint density at radius 1 is 1.14 bits per heavy atom. The van der Waals surface area contributed by atoms with E-state index in [0.29, 0.717) is 16.8 Å². The molecule has 2 aromatic carbocycles. The fourth-order valence-electron chi connectivity index (χ4n) is 3.33. The fourth-order valence-corrected chi connectivity index (χ4v) is 3.33. The third-order valence-corrected chi connectivity index (χ3v) is 4.80. The smallest absolute Gasteiger partial charge is 0.303 e. The van der Waals surface area contributed by atoms with Gasteiger partial charge in [0.1, 0.15) is 17.3 Å². The standard InChI is InChI=1S/C23H20N2O4/c1-13(2)15-5-3-4-6-16(15)14-7-8-17-18(12-24)23(29)22(25-19(17)11-14)20(26)9-10-21(27)28/h3-8,11,13,29H,9-10H2,1-2H3,(H,27,28). The molecule has 0 spiro atoms. The largest absolute Gasteiger partial charge is 0.504 e. The van der Waals surface area contributed by atoms with Crippen LogP contribution in [0.2, 0.25) is 0 Å². The summed E-state index contributed by atoms with van der Waals surface area (Å²) in [7, 11) is 0. The van der Waals surface area contributed by atoms with Crippen molar-refractivity contribution < 1.29 is 19.8 Å². The van der Waals surface area contributed by atoms with Crippen LogP contribution in [0.3, 0.4) is 0 Å². The average molecular weight is 388 g/mol. The van der Waals surface area contributed by atoms with Gasteiger partial charge in [0.2, 0.25) is 0 Å². The number of fused-ring (bicyclic) bond motifs is 1. The predicted molar refractivity (Wildman–Crippen MR) is 109 cm³/mol. The first kappa shape index (κ1) is 20.0. The first-order valence-electron chi connectivity index (χ1n) is 9.24. The third kappa shape index (κ3) is 3.94. The van der Waals surface area contributed by atoms with E-state index in [9.17, 15) is 20.0 Å². The summed E-state index contributed by atoms with van der Waals surface area (Å²) in [6.45, 7) is 4.20. The number of pyridine rings is 1. The number of aromatic nitrogens is 1.